The molecule has 2 saturated heterocycles. The molecule has 2 atom stereocenters. The lowest BCUT2D eigenvalue weighted by atomic mass is 9.86. The predicted octanol–water partition coefficient (Wildman–Crippen LogP) is 0.949. The summed E-state index contributed by atoms with van der Waals surface area (Å²) in [6.45, 7) is 8.79. The molecule has 0 amide bonds. The van der Waals surface area contributed by atoms with Gasteiger partial charge in [-0.15, -0.1) is 4.72 Å². The van der Waals surface area contributed by atoms with Gasteiger partial charge in [-0.05, 0) is 53.1 Å². The van der Waals surface area contributed by atoms with Gasteiger partial charge < -0.3 is 14.6 Å². The molecule has 17 heavy (non-hydrogen) atoms. The number of hydrogen-bond donors (Lipinski definition) is 2. The Balaban J connectivity index is 1.99. The topological polar surface area (TPSA) is 56.3 Å². The Hall–Kier alpha value is 0.190. The van der Waals surface area contributed by atoms with Crippen LogP contribution in [-0.4, -0.2) is 40.6 Å². The average Bonchev–Trinajstić information content (AvgIpc) is 2.61. The smallest absolute Gasteiger partial charge is 0.136 e. The quantitative estimate of drug-likeness (QED) is 0.726. The average molecular weight is 260 g/mol. The predicted molar refractivity (Wildman–Crippen MR) is 70.2 cm³/mol. The van der Waals surface area contributed by atoms with E-state index in [2.05, 4.69) is 10.0 Å². The van der Waals surface area contributed by atoms with Crippen molar-refractivity contribution in [2.45, 2.75) is 56.4 Å². The van der Waals surface area contributed by atoms with Crippen molar-refractivity contribution >= 4 is 11.4 Å². The van der Waals surface area contributed by atoms with E-state index in [1.807, 2.05) is 20.8 Å². The molecule has 0 aromatic carbocycles. The molecule has 2 unspecified atom stereocenters. The third-order valence-corrected chi connectivity index (χ3v) is 5.30. The summed E-state index contributed by atoms with van der Waals surface area (Å²) in [7, 11) is 0. The fourth-order valence-electron chi connectivity index (χ4n) is 2.56. The highest BCUT2D eigenvalue weighted by molar-refractivity contribution is 7.90. The van der Waals surface area contributed by atoms with Crippen LogP contribution >= 0.6 is 0 Å². The SMILES string of the molecule is CC(C)(C)[S+]([O-])NC1CCOC12CCNCC2. The monoisotopic (exact) mass is 260 g/mol. The maximum Gasteiger partial charge on any atom is 0.136 e. The third kappa shape index (κ3) is 2.96. The van der Waals surface area contributed by atoms with E-state index in [-0.39, 0.29) is 16.4 Å². The Labute approximate surface area is 107 Å². The zero-order valence-electron chi connectivity index (χ0n) is 11.0. The first-order valence-electron chi connectivity index (χ1n) is 6.47. The van der Waals surface area contributed by atoms with Gasteiger partial charge in [-0.1, -0.05) is 0 Å². The summed E-state index contributed by atoms with van der Waals surface area (Å²) < 4.78 is 21.2. The van der Waals surface area contributed by atoms with E-state index in [4.69, 9.17) is 4.74 Å². The second kappa shape index (κ2) is 5.05. The summed E-state index contributed by atoms with van der Waals surface area (Å²) in [4.78, 5) is 0. The minimum absolute atomic E-state index is 0.0772. The van der Waals surface area contributed by atoms with Gasteiger partial charge in [-0.2, -0.15) is 0 Å². The van der Waals surface area contributed by atoms with Crippen LogP contribution < -0.4 is 10.0 Å². The van der Waals surface area contributed by atoms with Crippen LogP contribution in [0.15, 0.2) is 0 Å². The first-order chi connectivity index (χ1) is 7.94. The van der Waals surface area contributed by atoms with Crippen molar-refractivity contribution in [3.8, 4) is 0 Å². The van der Waals surface area contributed by atoms with E-state index in [0.717, 1.165) is 39.0 Å². The van der Waals surface area contributed by atoms with Crippen LogP contribution in [0.3, 0.4) is 0 Å². The van der Waals surface area contributed by atoms with Crippen LogP contribution in [-0.2, 0) is 16.1 Å². The largest absolute Gasteiger partial charge is 0.598 e. The lowest BCUT2D eigenvalue weighted by molar-refractivity contribution is -0.0300. The lowest BCUT2D eigenvalue weighted by Crippen LogP contribution is -2.57. The summed E-state index contributed by atoms with van der Waals surface area (Å²) in [6.07, 6.45) is 3.01. The first-order valence-corrected chi connectivity index (χ1v) is 7.62. The van der Waals surface area contributed by atoms with Crippen LogP contribution in [0.5, 0.6) is 0 Å². The summed E-state index contributed by atoms with van der Waals surface area (Å²) in [5, 5.41) is 3.36. The van der Waals surface area contributed by atoms with E-state index < -0.39 is 11.4 Å². The second-order valence-electron chi connectivity index (χ2n) is 6.00. The number of ether oxygens (including phenoxy) is 1. The molecule has 0 aromatic rings. The molecule has 0 bridgehead atoms. The molecule has 2 N–H and O–H groups in total. The van der Waals surface area contributed by atoms with Crippen molar-refractivity contribution in [3.05, 3.63) is 0 Å². The molecular weight excluding hydrogens is 236 g/mol. The van der Waals surface area contributed by atoms with Crippen molar-refractivity contribution in [2.24, 2.45) is 0 Å². The van der Waals surface area contributed by atoms with E-state index >= 15 is 0 Å². The van der Waals surface area contributed by atoms with Gasteiger partial charge in [0.15, 0.2) is 0 Å². The zero-order chi connectivity index (χ0) is 12.5. The fourth-order valence-corrected chi connectivity index (χ4v) is 3.50. The molecule has 100 valence electrons. The number of hydrogen-bond acceptors (Lipinski definition) is 4. The van der Waals surface area contributed by atoms with Gasteiger partial charge in [0.2, 0.25) is 0 Å². The molecule has 2 aliphatic rings. The molecule has 4 nitrogen and oxygen atoms in total. The van der Waals surface area contributed by atoms with Crippen LogP contribution in [0, 0.1) is 0 Å². The standard InChI is InChI=1S/C12H24N2O2S/c1-11(2,3)17(15)14-10-4-9-16-12(10)5-7-13-8-6-12/h10,13-14H,4-9H2,1-3H3. The summed E-state index contributed by atoms with van der Waals surface area (Å²) in [5.41, 5.74) is -0.0772. The van der Waals surface area contributed by atoms with Gasteiger partial charge in [-0.25, -0.2) is 0 Å². The molecule has 5 heteroatoms. The lowest BCUT2D eigenvalue weighted by Gasteiger charge is -2.39. The van der Waals surface area contributed by atoms with Crippen molar-refractivity contribution in [1.82, 2.24) is 10.0 Å². The van der Waals surface area contributed by atoms with Gasteiger partial charge in [0.1, 0.15) is 4.75 Å². The van der Waals surface area contributed by atoms with Crippen molar-refractivity contribution in [1.29, 1.82) is 0 Å². The molecule has 2 fully saturated rings. The van der Waals surface area contributed by atoms with E-state index in [9.17, 15) is 4.55 Å². The summed E-state index contributed by atoms with van der Waals surface area (Å²) in [5.74, 6) is 0. The summed E-state index contributed by atoms with van der Waals surface area (Å²) >= 11 is -1.01. The molecule has 0 saturated carbocycles. The number of nitrogens with one attached hydrogen (secondary N) is 2. The zero-order valence-corrected chi connectivity index (χ0v) is 11.9. The Bertz CT molecular complexity index is 262. The first kappa shape index (κ1) is 13.6. The van der Waals surface area contributed by atoms with Crippen LogP contribution in [0.2, 0.25) is 0 Å². The van der Waals surface area contributed by atoms with Gasteiger partial charge in [0.05, 0.1) is 11.6 Å². The highest BCUT2D eigenvalue weighted by Gasteiger charge is 2.48. The highest BCUT2D eigenvalue weighted by atomic mass is 32.2. The Morgan fingerprint density at radius 3 is 2.59 bits per heavy atom. The van der Waals surface area contributed by atoms with Gasteiger partial charge in [0.25, 0.3) is 0 Å². The Morgan fingerprint density at radius 2 is 2.00 bits per heavy atom. The van der Waals surface area contributed by atoms with Crippen molar-refractivity contribution in [2.75, 3.05) is 19.7 Å². The molecule has 2 aliphatic heterocycles. The van der Waals surface area contributed by atoms with Crippen LogP contribution in [0.1, 0.15) is 40.0 Å². The normalized spacial score (nSPS) is 30.7. The molecule has 0 radical (unpaired) electrons. The van der Waals surface area contributed by atoms with Crippen LogP contribution in [0.25, 0.3) is 0 Å². The van der Waals surface area contributed by atoms with Gasteiger partial charge >= 0.3 is 0 Å². The fraction of sp³-hybridized carbons (Fsp3) is 1.00. The van der Waals surface area contributed by atoms with E-state index in [1.54, 1.807) is 0 Å². The van der Waals surface area contributed by atoms with Crippen molar-refractivity contribution < 1.29 is 9.29 Å². The maximum absolute atomic E-state index is 12.2. The minimum atomic E-state index is -1.01. The van der Waals surface area contributed by atoms with Gasteiger partial charge in [-0.3, -0.25) is 0 Å². The second-order valence-corrected chi connectivity index (χ2v) is 8.00. The molecule has 2 heterocycles. The molecule has 2 rings (SSSR count). The minimum Gasteiger partial charge on any atom is -0.598 e. The van der Waals surface area contributed by atoms with E-state index in [0.29, 0.717) is 0 Å². The Morgan fingerprint density at radius 1 is 1.35 bits per heavy atom. The molecule has 1 spiro atoms. The summed E-state index contributed by atoms with van der Waals surface area (Å²) in [6, 6.07) is 0.240. The number of rotatable bonds is 2. The van der Waals surface area contributed by atoms with Crippen molar-refractivity contribution in [3.63, 3.8) is 0 Å². The molecular formula is C12H24N2O2S. The maximum atomic E-state index is 12.2. The van der Waals surface area contributed by atoms with Gasteiger partial charge in [0, 0.05) is 18.0 Å². The molecule has 0 aromatic heterocycles. The highest BCUT2D eigenvalue weighted by Crippen LogP contribution is 2.35. The van der Waals surface area contributed by atoms with Crippen LogP contribution in [0.4, 0.5) is 0 Å². The number of piperidine rings is 1. The third-order valence-electron chi connectivity index (χ3n) is 3.69. The molecule has 0 aliphatic carbocycles. The van der Waals surface area contributed by atoms with E-state index in [1.165, 1.54) is 0 Å². The Kier molecular flexibility index (Phi) is 4.05.